The maximum absolute atomic E-state index is 14.1. The highest BCUT2D eigenvalue weighted by molar-refractivity contribution is 8.06. The Balaban J connectivity index is 1.78. The van der Waals surface area contributed by atoms with E-state index in [1.807, 2.05) is 0 Å². The Morgan fingerprint density at radius 1 is 1.04 bits per heavy atom. The Bertz CT molecular complexity index is 868. The van der Waals surface area contributed by atoms with Crippen molar-refractivity contribution in [1.82, 2.24) is 0 Å². The minimum atomic E-state index is -4.22. The minimum absolute atomic E-state index is 0.0725. The third kappa shape index (κ3) is 4.12. The quantitative estimate of drug-likeness (QED) is 0.531. The van der Waals surface area contributed by atoms with Crippen molar-refractivity contribution in [2.24, 2.45) is 11.1 Å². The molecule has 1 aliphatic heterocycles. The summed E-state index contributed by atoms with van der Waals surface area (Å²) >= 11 is 0. The van der Waals surface area contributed by atoms with Crippen LogP contribution in [0.1, 0.15) is 33.1 Å². The SMILES string of the molecule is CC1(C)CC(S(=O)(=O)COc2c(F)c(F)c(OCC3CC3)c(F)c2F)=NO1. The van der Waals surface area contributed by atoms with Gasteiger partial charge in [-0.25, -0.2) is 8.42 Å². The van der Waals surface area contributed by atoms with Crippen molar-refractivity contribution in [2.45, 2.75) is 38.7 Å². The molecule has 0 unspecified atom stereocenters. The van der Waals surface area contributed by atoms with E-state index in [9.17, 15) is 26.0 Å². The second-order valence-corrected chi connectivity index (χ2v) is 8.99. The second kappa shape index (κ2) is 6.84. The van der Waals surface area contributed by atoms with Gasteiger partial charge in [0.2, 0.25) is 33.1 Å². The normalized spacial score (nSPS) is 18.8. The van der Waals surface area contributed by atoms with Crippen molar-refractivity contribution in [3.05, 3.63) is 23.3 Å². The molecule has 1 saturated carbocycles. The highest BCUT2D eigenvalue weighted by Gasteiger charge is 2.37. The highest BCUT2D eigenvalue weighted by atomic mass is 32.2. The van der Waals surface area contributed by atoms with E-state index in [1.165, 1.54) is 0 Å². The van der Waals surface area contributed by atoms with Crippen molar-refractivity contribution in [3.63, 3.8) is 0 Å². The molecular weight excluding hydrogens is 394 g/mol. The van der Waals surface area contributed by atoms with Crippen molar-refractivity contribution in [2.75, 3.05) is 12.5 Å². The average Bonchev–Trinajstić information content (AvgIpc) is 3.34. The van der Waals surface area contributed by atoms with Crippen LogP contribution >= 0.6 is 0 Å². The molecular formula is C16H17F4NO5S. The van der Waals surface area contributed by atoms with E-state index in [1.54, 1.807) is 13.8 Å². The molecule has 0 radical (unpaired) electrons. The summed E-state index contributed by atoms with van der Waals surface area (Å²) in [5.74, 6) is -11.2. The maximum atomic E-state index is 14.1. The van der Waals surface area contributed by atoms with E-state index in [2.05, 4.69) is 9.89 Å². The Morgan fingerprint density at radius 3 is 2.00 bits per heavy atom. The van der Waals surface area contributed by atoms with E-state index < -0.39 is 61.2 Å². The molecule has 1 fully saturated rings. The van der Waals surface area contributed by atoms with E-state index in [-0.39, 0.29) is 18.9 Å². The Kier molecular flexibility index (Phi) is 5.00. The molecule has 11 heteroatoms. The molecule has 0 amide bonds. The summed E-state index contributed by atoms with van der Waals surface area (Å²) < 4.78 is 89.9. The van der Waals surface area contributed by atoms with Gasteiger partial charge in [-0.2, -0.15) is 17.6 Å². The Labute approximate surface area is 153 Å². The van der Waals surface area contributed by atoms with Gasteiger partial charge in [-0.05, 0) is 32.6 Å². The van der Waals surface area contributed by atoms with E-state index >= 15 is 0 Å². The van der Waals surface area contributed by atoms with E-state index in [0.717, 1.165) is 12.8 Å². The van der Waals surface area contributed by atoms with Crippen molar-refractivity contribution in [3.8, 4) is 11.5 Å². The third-order valence-corrected chi connectivity index (χ3v) is 5.40. The van der Waals surface area contributed by atoms with Crippen LogP contribution in [0, 0.1) is 29.2 Å². The molecule has 6 nitrogen and oxygen atoms in total. The molecule has 0 bridgehead atoms. The molecule has 27 heavy (non-hydrogen) atoms. The van der Waals surface area contributed by atoms with Crippen LogP contribution < -0.4 is 9.47 Å². The van der Waals surface area contributed by atoms with Gasteiger partial charge in [0.25, 0.3) is 0 Å². The van der Waals surface area contributed by atoms with Crippen molar-refractivity contribution in [1.29, 1.82) is 0 Å². The number of ether oxygens (including phenoxy) is 2. The van der Waals surface area contributed by atoms with Crippen molar-refractivity contribution < 1.29 is 40.3 Å². The van der Waals surface area contributed by atoms with Crippen LogP contribution in [0.2, 0.25) is 0 Å². The molecule has 3 rings (SSSR count). The summed E-state index contributed by atoms with van der Waals surface area (Å²) in [5, 5.41) is 3.02. The summed E-state index contributed by atoms with van der Waals surface area (Å²) in [5.41, 5.74) is -0.863. The van der Waals surface area contributed by atoms with Gasteiger partial charge in [0.15, 0.2) is 22.5 Å². The van der Waals surface area contributed by atoms with Gasteiger partial charge in [0.1, 0.15) is 5.60 Å². The molecule has 0 N–H and O–H groups in total. The Hall–Kier alpha value is -2.04. The zero-order valence-electron chi connectivity index (χ0n) is 14.5. The predicted molar refractivity (Wildman–Crippen MR) is 86.1 cm³/mol. The molecule has 1 aromatic rings. The predicted octanol–water partition coefficient (Wildman–Crippen LogP) is 3.30. The van der Waals surface area contributed by atoms with E-state index in [4.69, 9.17) is 9.57 Å². The van der Waals surface area contributed by atoms with Crippen molar-refractivity contribution >= 4 is 14.9 Å². The summed E-state index contributed by atoms with van der Waals surface area (Å²) in [6.07, 6.45) is 1.52. The summed E-state index contributed by atoms with van der Waals surface area (Å²) in [7, 11) is -4.22. The fourth-order valence-corrected chi connectivity index (χ4v) is 3.43. The van der Waals surface area contributed by atoms with E-state index in [0.29, 0.717) is 0 Å². The zero-order valence-corrected chi connectivity index (χ0v) is 15.3. The lowest BCUT2D eigenvalue weighted by atomic mass is 10.1. The standard InChI is InChI=1S/C16H17F4NO5S/c1-16(2)5-9(21-26-16)27(22,23)7-25-15-12(19)10(17)14(11(18)13(15)20)24-6-8-3-4-8/h8H,3-7H2,1-2H3. The smallest absolute Gasteiger partial charge is 0.230 e. The first-order valence-electron chi connectivity index (χ1n) is 8.11. The van der Waals surface area contributed by atoms with Gasteiger partial charge in [0.05, 0.1) is 6.61 Å². The van der Waals surface area contributed by atoms with Crippen LogP contribution in [-0.2, 0) is 14.7 Å². The number of rotatable bonds is 6. The summed E-state index contributed by atoms with van der Waals surface area (Å²) in [4.78, 5) is 4.91. The molecule has 1 aliphatic carbocycles. The second-order valence-electron chi connectivity index (χ2n) is 7.06. The number of hydrogen-bond donors (Lipinski definition) is 0. The van der Waals surface area contributed by atoms with Crippen LogP contribution in [0.5, 0.6) is 11.5 Å². The first kappa shape index (κ1) is 19.7. The van der Waals surface area contributed by atoms with Gasteiger partial charge in [-0.1, -0.05) is 5.16 Å². The first-order valence-corrected chi connectivity index (χ1v) is 9.76. The van der Waals surface area contributed by atoms with Crippen LogP contribution in [0.4, 0.5) is 17.6 Å². The van der Waals surface area contributed by atoms with Gasteiger partial charge in [-0.3, -0.25) is 0 Å². The molecule has 0 aromatic heterocycles. The fourth-order valence-electron chi connectivity index (χ4n) is 2.31. The molecule has 0 spiro atoms. The molecule has 2 aliphatic rings. The van der Waals surface area contributed by atoms with Gasteiger partial charge < -0.3 is 14.3 Å². The minimum Gasteiger partial charge on any atom is -0.487 e. The molecule has 0 atom stereocenters. The molecule has 1 aromatic carbocycles. The lowest BCUT2D eigenvalue weighted by Gasteiger charge is -2.14. The number of sulfone groups is 1. The van der Waals surface area contributed by atoms with Gasteiger partial charge >= 0.3 is 0 Å². The number of halogens is 4. The lowest BCUT2D eigenvalue weighted by molar-refractivity contribution is 0.0123. The monoisotopic (exact) mass is 411 g/mol. The largest absolute Gasteiger partial charge is 0.487 e. The van der Waals surface area contributed by atoms with Crippen LogP contribution in [-0.4, -0.2) is 31.6 Å². The highest BCUT2D eigenvalue weighted by Crippen LogP contribution is 2.37. The van der Waals surface area contributed by atoms with Gasteiger partial charge in [-0.15, -0.1) is 0 Å². The molecule has 1 heterocycles. The Morgan fingerprint density at radius 2 is 1.56 bits per heavy atom. The molecule has 0 saturated heterocycles. The molecule has 150 valence electrons. The number of benzene rings is 1. The number of oxime groups is 1. The zero-order chi connectivity index (χ0) is 20.0. The number of hydrogen-bond acceptors (Lipinski definition) is 6. The fraction of sp³-hybridized carbons (Fsp3) is 0.562. The summed E-state index contributed by atoms with van der Waals surface area (Å²) in [6, 6.07) is 0. The lowest BCUT2D eigenvalue weighted by Crippen LogP contribution is -2.26. The van der Waals surface area contributed by atoms with Crippen LogP contribution in [0.15, 0.2) is 5.16 Å². The summed E-state index contributed by atoms with van der Waals surface area (Å²) in [6.45, 7) is 3.10. The topological polar surface area (TPSA) is 74.2 Å². The number of nitrogens with zero attached hydrogens (tertiary/aromatic N) is 1. The third-order valence-electron chi connectivity index (χ3n) is 4.03. The van der Waals surface area contributed by atoms with Crippen LogP contribution in [0.3, 0.4) is 0 Å². The first-order chi connectivity index (χ1) is 12.5. The van der Waals surface area contributed by atoms with Crippen LogP contribution in [0.25, 0.3) is 0 Å². The maximum Gasteiger partial charge on any atom is 0.230 e. The average molecular weight is 411 g/mol. The van der Waals surface area contributed by atoms with Gasteiger partial charge in [0, 0.05) is 6.42 Å².